The summed E-state index contributed by atoms with van der Waals surface area (Å²) >= 11 is 0. The molecular weight excluding hydrogens is 318 g/mol. The third kappa shape index (κ3) is 2.66. The molecule has 1 unspecified atom stereocenters. The van der Waals surface area contributed by atoms with Gasteiger partial charge in [-0.2, -0.15) is 10.2 Å². The monoisotopic (exact) mass is 341 g/mol. The number of anilines is 1. The molecule has 0 aromatic carbocycles. The number of hydrogen-bond acceptors (Lipinski definition) is 6. The SMILES string of the molecule is Cc1cc(-c2nn(C(C)C)c3ncnc(N)c23)n(C2CCCCO2)n1. The van der Waals surface area contributed by atoms with E-state index in [2.05, 4.69) is 28.9 Å². The molecule has 0 bridgehead atoms. The molecule has 1 aliphatic heterocycles. The Hall–Kier alpha value is -2.48. The first-order chi connectivity index (χ1) is 12.1. The summed E-state index contributed by atoms with van der Waals surface area (Å²) in [5.41, 5.74) is 9.50. The van der Waals surface area contributed by atoms with Crippen LogP contribution in [0.2, 0.25) is 0 Å². The van der Waals surface area contributed by atoms with E-state index in [0.29, 0.717) is 5.82 Å². The first-order valence-electron chi connectivity index (χ1n) is 8.73. The molecule has 1 atom stereocenters. The maximum absolute atomic E-state index is 6.18. The fourth-order valence-corrected chi connectivity index (χ4v) is 3.36. The van der Waals surface area contributed by atoms with Crippen molar-refractivity contribution >= 4 is 16.9 Å². The van der Waals surface area contributed by atoms with Crippen LogP contribution in [0.15, 0.2) is 12.4 Å². The summed E-state index contributed by atoms with van der Waals surface area (Å²) in [6, 6.07) is 2.19. The van der Waals surface area contributed by atoms with E-state index in [4.69, 9.17) is 15.6 Å². The van der Waals surface area contributed by atoms with Crippen molar-refractivity contribution in [3.05, 3.63) is 18.1 Å². The van der Waals surface area contributed by atoms with Gasteiger partial charge in [-0.1, -0.05) is 0 Å². The summed E-state index contributed by atoms with van der Waals surface area (Å²) in [6.45, 7) is 6.88. The lowest BCUT2D eigenvalue weighted by Crippen LogP contribution is -2.20. The summed E-state index contributed by atoms with van der Waals surface area (Å²) in [6.07, 6.45) is 4.59. The van der Waals surface area contributed by atoms with Crippen molar-refractivity contribution in [2.24, 2.45) is 0 Å². The van der Waals surface area contributed by atoms with E-state index >= 15 is 0 Å². The van der Waals surface area contributed by atoms with Gasteiger partial charge in [0.25, 0.3) is 0 Å². The third-order valence-electron chi connectivity index (χ3n) is 4.54. The van der Waals surface area contributed by atoms with E-state index in [1.54, 1.807) is 0 Å². The minimum absolute atomic E-state index is 0.0671. The van der Waals surface area contributed by atoms with Gasteiger partial charge in [-0.05, 0) is 46.1 Å². The van der Waals surface area contributed by atoms with Gasteiger partial charge in [0.05, 0.1) is 16.8 Å². The minimum atomic E-state index is -0.0671. The number of aromatic nitrogens is 6. The van der Waals surface area contributed by atoms with Gasteiger partial charge in [0.15, 0.2) is 11.9 Å². The van der Waals surface area contributed by atoms with Crippen molar-refractivity contribution < 1.29 is 4.74 Å². The quantitative estimate of drug-likeness (QED) is 0.787. The lowest BCUT2D eigenvalue weighted by Gasteiger charge is -2.24. The van der Waals surface area contributed by atoms with Gasteiger partial charge >= 0.3 is 0 Å². The molecule has 3 aromatic heterocycles. The van der Waals surface area contributed by atoms with Crippen LogP contribution in [0, 0.1) is 6.92 Å². The highest BCUT2D eigenvalue weighted by Crippen LogP contribution is 2.34. The highest BCUT2D eigenvalue weighted by Gasteiger charge is 2.25. The van der Waals surface area contributed by atoms with Crippen molar-refractivity contribution in [2.75, 3.05) is 12.3 Å². The number of nitrogens with zero attached hydrogens (tertiary/aromatic N) is 6. The predicted molar refractivity (Wildman–Crippen MR) is 94.9 cm³/mol. The van der Waals surface area contributed by atoms with Crippen LogP contribution >= 0.6 is 0 Å². The van der Waals surface area contributed by atoms with Crippen molar-refractivity contribution in [1.82, 2.24) is 29.5 Å². The molecule has 0 saturated carbocycles. The smallest absolute Gasteiger partial charge is 0.164 e. The Morgan fingerprint density at radius 1 is 1.24 bits per heavy atom. The zero-order valence-corrected chi connectivity index (χ0v) is 14.8. The van der Waals surface area contributed by atoms with Crippen LogP contribution < -0.4 is 5.73 Å². The number of hydrogen-bond donors (Lipinski definition) is 1. The van der Waals surface area contributed by atoms with E-state index in [9.17, 15) is 0 Å². The first-order valence-corrected chi connectivity index (χ1v) is 8.73. The summed E-state index contributed by atoms with van der Waals surface area (Å²) in [4.78, 5) is 8.57. The molecule has 0 aliphatic carbocycles. The second-order valence-electron chi connectivity index (χ2n) is 6.78. The van der Waals surface area contributed by atoms with Crippen LogP contribution in [-0.2, 0) is 4.74 Å². The maximum atomic E-state index is 6.18. The van der Waals surface area contributed by atoms with E-state index < -0.39 is 0 Å². The zero-order valence-electron chi connectivity index (χ0n) is 14.8. The lowest BCUT2D eigenvalue weighted by atomic mass is 10.1. The Balaban J connectivity index is 1.93. The molecule has 25 heavy (non-hydrogen) atoms. The molecule has 1 aliphatic rings. The first kappa shape index (κ1) is 16.0. The molecule has 1 saturated heterocycles. The maximum Gasteiger partial charge on any atom is 0.164 e. The minimum Gasteiger partial charge on any atom is -0.383 e. The Morgan fingerprint density at radius 3 is 2.80 bits per heavy atom. The lowest BCUT2D eigenvalue weighted by molar-refractivity contribution is -0.0385. The molecule has 3 aromatic rings. The van der Waals surface area contributed by atoms with Crippen LogP contribution in [-0.4, -0.2) is 36.1 Å². The summed E-state index contributed by atoms with van der Waals surface area (Å²) in [5, 5.41) is 10.2. The zero-order chi connectivity index (χ0) is 17.6. The second kappa shape index (κ2) is 6.11. The van der Waals surface area contributed by atoms with E-state index in [1.165, 1.54) is 6.33 Å². The fraction of sp³-hybridized carbons (Fsp3) is 0.529. The number of rotatable bonds is 3. The summed E-state index contributed by atoms with van der Waals surface area (Å²) in [7, 11) is 0. The fourth-order valence-electron chi connectivity index (χ4n) is 3.36. The normalized spacial score (nSPS) is 18.3. The molecule has 4 rings (SSSR count). The molecule has 4 heterocycles. The molecule has 0 radical (unpaired) electrons. The van der Waals surface area contributed by atoms with Gasteiger partial charge in [0.1, 0.15) is 17.8 Å². The van der Waals surface area contributed by atoms with Crippen LogP contribution in [0.4, 0.5) is 5.82 Å². The standard InChI is InChI=1S/C17H23N7O/c1-10(2)23-17-14(16(18)19-9-20-17)15(22-23)12-8-11(3)21-24(12)13-6-4-5-7-25-13/h8-10,13H,4-7H2,1-3H3,(H2,18,19,20). The van der Waals surface area contributed by atoms with Crippen molar-refractivity contribution in [1.29, 1.82) is 0 Å². The Labute approximate surface area is 146 Å². The van der Waals surface area contributed by atoms with Gasteiger partial charge in [-0.25, -0.2) is 19.3 Å². The summed E-state index contributed by atoms with van der Waals surface area (Å²) in [5.74, 6) is 0.432. The molecule has 1 fully saturated rings. The average Bonchev–Trinajstić information content (AvgIpc) is 3.17. The van der Waals surface area contributed by atoms with E-state index in [-0.39, 0.29) is 12.3 Å². The average molecular weight is 341 g/mol. The highest BCUT2D eigenvalue weighted by atomic mass is 16.5. The van der Waals surface area contributed by atoms with Gasteiger partial charge in [0, 0.05) is 12.6 Å². The third-order valence-corrected chi connectivity index (χ3v) is 4.54. The van der Waals surface area contributed by atoms with Crippen LogP contribution in [0.3, 0.4) is 0 Å². The van der Waals surface area contributed by atoms with Gasteiger partial charge < -0.3 is 10.5 Å². The second-order valence-corrected chi connectivity index (χ2v) is 6.78. The predicted octanol–water partition coefficient (Wildman–Crippen LogP) is 2.86. The number of ether oxygens (including phenoxy) is 1. The summed E-state index contributed by atoms with van der Waals surface area (Å²) < 4.78 is 9.76. The van der Waals surface area contributed by atoms with Gasteiger partial charge in [-0.15, -0.1) is 0 Å². The number of aryl methyl sites for hydroxylation is 1. The molecule has 2 N–H and O–H groups in total. The Kier molecular flexibility index (Phi) is 3.91. The van der Waals surface area contributed by atoms with Crippen molar-refractivity contribution in [3.63, 3.8) is 0 Å². The van der Waals surface area contributed by atoms with E-state index in [1.807, 2.05) is 22.4 Å². The molecule has 8 heteroatoms. The molecule has 132 valence electrons. The number of nitrogen functional groups attached to an aromatic ring is 1. The number of fused-ring (bicyclic) bond motifs is 1. The number of nitrogens with two attached hydrogens (primary N) is 1. The molecule has 8 nitrogen and oxygen atoms in total. The molecule has 0 amide bonds. The van der Waals surface area contributed by atoms with Gasteiger partial charge in [-0.3, -0.25) is 0 Å². The van der Waals surface area contributed by atoms with Crippen molar-refractivity contribution in [3.8, 4) is 11.4 Å². The highest BCUT2D eigenvalue weighted by molar-refractivity contribution is 5.97. The van der Waals surface area contributed by atoms with Crippen LogP contribution in [0.5, 0.6) is 0 Å². The topological polar surface area (TPSA) is 96.7 Å². The largest absolute Gasteiger partial charge is 0.383 e. The van der Waals surface area contributed by atoms with Gasteiger partial charge in [0.2, 0.25) is 0 Å². The Bertz CT molecular complexity index is 905. The van der Waals surface area contributed by atoms with Crippen LogP contribution in [0.1, 0.15) is 51.1 Å². The molecule has 0 spiro atoms. The molecular formula is C17H23N7O. The van der Waals surface area contributed by atoms with Crippen molar-refractivity contribution in [2.45, 2.75) is 52.3 Å². The van der Waals surface area contributed by atoms with E-state index in [0.717, 1.165) is 54.0 Å². The van der Waals surface area contributed by atoms with Crippen LogP contribution in [0.25, 0.3) is 22.4 Å². The Morgan fingerprint density at radius 2 is 2.08 bits per heavy atom.